The highest BCUT2D eigenvalue weighted by molar-refractivity contribution is 6.34. The van der Waals surface area contributed by atoms with Gasteiger partial charge in [0.15, 0.2) is 0 Å². The summed E-state index contributed by atoms with van der Waals surface area (Å²) in [5.41, 5.74) is 0. The molecule has 1 heterocycles. The summed E-state index contributed by atoms with van der Waals surface area (Å²) in [6.45, 7) is 4.54. The third-order valence-corrected chi connectivity index (χ3v) is 2.70. The lowest BCUT2D eigenvalue weighted by Gasteiger charge is -2.23. The first-order valence-electron chi connectivity index (χ1n) is 5.95. The van der Waals surface area contributed by atoms with E-state index in [4.69, 9.17) is 0 Å². The molecule has 0 aromatic rings. The maximum atomic E-state index is 11.9. The molecule has 1 rings (SSSR count). The summed E-state index contributed by atoms with van der Waals surface area (Å²) in [6.07, 6.45) is 0.238. The predicted octanol–water partition coefficient (Wildman–Crippen LogP) is -1.35. The van der Waals surface area contributed by atoms with Gasteiger partial charge in [-0.05, 0) is 19.9 Å². The van der Waals surface area contributed by atoms with Gasteiger partial charge in [-0.2, -0.15) is 0 Å². The first kappa shape index (κ1) is 13.9. The monoisotopic (exact) mass is 243 g/mol. The van der Waals surface area contributed by atoms with E-state index >= 15 is 0 Å². The van der Waals surface area contributed by atoms with Crippen LogP contribution in [0.4, 0.5) is 0 Å². The number of nitrogens with zero attached hydrogens (tertiary/aromatic N) is 2. The summed E-state index contributed by atoms with van der Waals surface area (Å²) in [6, 6.07) is 0. The van der Waals surface area contributed by atoms with Crippen LogP contribution >= 0.6 is 0 Å². The van der Waals surface area contributed by atoms with Crippen molar-refractivity contribution in [3.63, 3.8) is 0 Å². The van der Waals surface area contributed by atoms with Gasteiger partial charge in [0.05, 0.1) is 6.10 Å². The van der Waals surface area contributed by atoms with E-state index in [1.165, 1.54) is 11.9 Å². The summed E-state index contributed by atoms with van der Waals surface area (Å²) in [5, 5.41) is 12.4. The molecule has 17 heavy (non-hydrogen) atoms. The number of amides is 2. The van der Waals surface area contributed by atoms with Crippen LogP contribution in [0.1, 0.15) is 13.3 Å². The molecule has 1 saturated heterocycles. The second kappa shape index (κ2) is 6.56. The highest BCUT2D eigenvalue weighted by Crippen LogP contribution is 2.00. The van der Waals surface area contributed by atoms with Crippen molar-refractivity contribution >= 4 is 11.8 Å². The number of likely N-dealkylation sites (N-methyl/N-ethyl adjacent to an activating group) is 1. The minimum absolute atomic E-state index is 0.177. The number of aliphatic hydroxyl groups is 1. The van der Waals surface area contributed by atoms with E-state index in [0.717, 1.165) is 19.5 Å². The van der Waals surface area contributed by atoms with Crippen LogP contribution in [-0.4, -0.2) is 72.6 Å². The molecule has 1 atom stereocenters. The molecule has 1 unspecified atom stereocenters. The van der Waals surface area contributed by atoms with E-state index in [0.29, 0.717) is 13.1 Å². The van der Waals surface area contributed by atoms with E-state index < -0.39 is 17.9 Å². The average Bonchev–Trinajstić information content (AvgIpc) is 2.54. The number of rotatable bonds is 2. The Labute approximate surface area is 102 Å². The van der Waals surface area contributed by atoms with Gasteiger partial charge in [-0.3, -0.25) is 9.59 Å². The zero-order chi connectivity index (χ0) is 12.8. The summed E-state index contributed by atoms with van der Waals surface area (Å²) in [4.78, 5) is 26.5. The zero-order valence-electron chi connectivity index (χ0n) is 10.5. The number of carbonyl (C=O) groups excluding carboxylic acids is 2. The molecule has 1 aliphatic heterocycles. The van der Waals surface area contributed by atoms with E-state index in [-0.39, 0.29) is 6.54 Å². The van der Waals surface area contributed by atoms with E-state index in [1.54, 1.807) is 11.8 Å². The largest absolute Gasteiger partial charge is 0.392 e. The number of hydrogen-bond donors (Lipinski definition) is 2. The van der Waals surface area contributed by atoms with Gasteiger partial charge in [-0.25, -0.2) is 0 Å². The quantitative estimate of drug-likeness (QED) is 0.588. The van der Waals surface area contributed by atoms with Crippen LogP contribution in [0.3, 0.4) is 0 Å². The minimum Gasteiger partial charge on any atom is -0.392 e. The van der Waals surface area contributed by atoms with Gasteiger partial charge < -0.3 is 20.2 Å². The molecule has 2 amide bonds. The van der Waals surface area contributed by atoms with E-state index in [2.05, 4.69) is 5.32 Å². The van der Waals surface area contributed by atoms with Crippen LogP contribution in [0, 0.1) is 0 Å². The molecule has 0 aromatic carbocycles. The highest BCUT2D eigenvalue weighted by Gasteiger charge is 2.25. The van der Waals surface area contributed by atoms with Gasteiger partial charge in [0, 0.05) is 33.2 Å². The van der Waals surface area contributed by atoms with Crippen LogP contribution in [-0.2, 0) is 9.59 Å². The number of aliphatic hydroxyl groups excluding tert-OH is 1. The number of nitrogens with one attached hydrogen (secondary N) is 1. The molecule has 0 spiro atoms. The molecular weight excluding hydrogens is 222 g/mol. The molecule has 0 aliphatic carbocycles. The third kappa shape index (κ3) is 4.32. The first-order valence-corrected chi connectivity index (χ1v) is 5.95. The fourth-order valence-corrected chi connectivity index (χ4v) is 1.83. The second-order valence-electron chi connectivity index (χ2n) is 4.43. The number of hydrogen-bond acceptors (Lipinski definition) is 4. The van der Waals surface area contributed by atoms with Crippen molar-refractivity contribution in [1.29, 1.82) is 0 Å². The molecular formula is C11H21N3O3. The standard InChI is InChI=1S/C11H21N3O3/c1-9(15)8-13(2)10(16)11(17)14-6-3-4-12-5-7-14/h9,12,15H,3-8H2,1-2H3. The third-order valence-electron chi connectivity index (χ3n) is 2.70. The SMILES string of the molecule is CC(O)CN(C)C(=O)C(=O)N1CCCNCC1. The fourth-order valence-electron chi connectivity index (χ4n) is 1.83. The van der Waals surface area contributed by atoms with Crippen LogP contribution < -0.4 is 5.32 Å². The smallest absolute Gasteiger partial charge is 0.312 e. The molecule has 98 valence electrons. The van der Waals surface area contributed by atoms with Gasteiger partial charge >= 0.3 is 11.8 Å². The first-order chi connectivity index (χ1) is 8.02. The highest BCUT2D eigenvalue weighted by atomic mass is 16.3. The van der Waals surface area contributed by atoms with Gasteiger partial charge in [-0.15, -0.1) is 0 Å². The molecule has 6 heteroatoms. The van der Waals surface area contributed by atoms with Crippen LogP contribution in [0.15, 0.2) is 0 Å². The molecule has 0 radical (unpaired) electrons. The molecule has 0 aromatic heterocycles. The maximum absolute atomic E-state index is 11.9. The molecule has 0 saturated carbocycles. The lowest BCUT2D eigenvalue weighted by molar-refractivity contribution is -0.151. The van der Waals surface area contributed by atoms with Crippen LogP contribution in [0.2, 0.25) is 0 Å². The van der Waals surface area contributed by atoms with Crippen LogP contribution in [0.25, 0.3) is 0 Å². The van der Waals surface area contributed by atoms with Crippen molar-refractivity contribution in [3.05, 3.63) is 0 Å². The van der Waals surface area contributed by atoms with E-state index in [9.17, 15) is 14.7 Å². The summed E-state index contributed by atoms with van der Waals surface area (Å²) < 4.78 is 0. The van der Waals surface area contributed by atoms with Crippen molar-refractivity contribution in [3.8, 4) is 0 Å². The topological polar surface area (TPSA) is 72.9 Å². The Morgan fingerprint density at radius 1 is 1.41 bits per heavy atom. The Balaban J connectivity index is 2.52. The Hall–Kier alpha value is -1.14. The van der Waals surface area contributed by atoms with Crippen molar-refractivity contribution < 1.29 is 14.7 Å². The van der Waals surface area contributed by atoms with Crippen molar-refractivity contribution in [2.45, 2.75) is 19.4 Å². The lowest BCUT2D eigenvalue weighted by atomic mass is 10.3. The zero-order valence-corrected chi connectivity index (χ0v) is 10.5. The van der Waals surface area contributed by atoms with Gasteiger partial charge in [0.1, 0.15) is 0 Å². The van der Waals surface area contributed by atoms with Gasteiger partial charge in [0.25, 0.3) is 0 Å². The Bertz CT molecular complexity index is 273. The average molecular weight is 243 g/mol. The molecule has 0 bridgehead atoms. The molecule has 2 N–H and O–H groups in total. The van der Waals surface area contributed by atoms with Gasteiger partial charge in [-0.1, -0.05) is 0 Å². The summed E-state index contributed by atoms with van der Waals surface area (Å²) in [7, 11) is 1.53. The molecule has 1 aliphatic rings. The van der Waals surface area contributed by atoms with Crippen molar-refractivity contribution in [1.82, 2.24) is 15.1 Å². The van der Waals surface area contributed by atoms with Gasteiger partial charge in [0.2, 0.25) is 0 Å². The minimum atomic E-state index is -0.623. The lowest BCUT2D eigenvalue weighted by Crippen LogP contribution is -2.46. The fraction of sp³-hybridized carbons (Fsp3) is 0.818. The van der Waals surface area contributed by atoms with Crippen molar-refractivity contribution in [2.75, 3.05) is 39.8 Å². The van der Waals surface area contributed by atoms with Crippen LogP contribution in [0.5, 0.6) is 0 Å². The Morgan fingerprint density at radius 3 is 2.76 bits per heavy atom. The maximum Gasteiger partial charge on any atom is 0.312 e. The predicted molar refractivity (Wildman–Crippen MR) is 63.4 cm³/mol. The van der Waals surface area contributed by atoms with E-state index in [1.807, 2.05) is 0 Å². The molecule has 1 fully saturated rings. The molecule has 6 nitrogen and oxygen atoms in total. The Morgan fingerprint density at radius 2 is 2.12 bits per heavy atom. The normalized spacial score (nSPS) is 18.4. The Kier molecular flexibility index (Phi) is 5.37. The van der Waals surface area contributed by atoms with Crippen molar-refractivity contribution in [2.24, 2.45) is 0 Å². The number of carbonyl (C=O) groups is 2. The summed E-state index contributed by atoms with van der Waals surface area (Å²) in [5.74, 6) is -1.02. The summed E-state index contributed by atoms with van der Waals surface area (Å²) >= 11 is 0. The second-order valence-corrected chi connectivity index (χ2v) is 4.43.